The molecule has 0 aliphatic rings. The summed E-state index contributed by atoms with van der Waals surface area (Å²) in [5.74, 6) is 0.134. The number of carbonyl (C=O) groups is 1. The second kappa shape index (κ2) is 17.8. The summed E-state index contributed by atoms with van der Waals surface area (Å²) >= 11 is 0. The molecule has 3 nitrogen and oxygen atoms in total. The average molecular weight is 481 g/mol. The first-order valence-electron chi connectivity index (χ1n) is 9.42. The van der Waals surface area contributed by atoms with Gasteiger partial charge in [0, 0.05) is 17.1 Å². The van der Waals surface area contributed by atoms with E-state index >= 15 is 0 Å². The summed E-state index contributed by atoms with van der Waals surface area (Å²) in [5, 5.41) is 4.31. The van der Waals surface area contributed by atoms with Crippen molar-refractivity contribution < 1.29 is 31.2 Å². The smallest absolute Gasteiger partial charge is 0.0620 e. The zero-order chi connectivity index (χ0) is 22.9. The van der Waals surface area contributed by atoms with Gasteiger partial charge in [0.15, 0.2) is 0 Å². The molecule has 4 aromatic rings. The summed E-state index contributed by atoms with van der Waals surface area (Å²) in [5.41, 5.74) is 0.796. The molecule has 0 atom stereocenters. The minimum Gasteiger partial charge on any atom is -0.0620 e. The van der Waals surface area contributed by atoms with Crippen molar-refractivity contribution in [2.45, 2.75) is 6.92 Å². The Balaban J connectivity index is 0.000000625. The van der Waals surface area contributed by atoms with Gasteiger partial charge in [0.1, 0.15) is 21.7 Å². The number of Topliss-reactive ketones (excluding diaryl/α,β-unsaturated/α-hetero) is 1. The molecule has 0 aliphatic carbocycles. The third kappa shape index (κ3) is 9.50. The second-order valence-electron chi connectivity index (χ2n) is 6.20. The Labute approximate surface area is 201 Å². The van der Waals surface area contributed by atoms with Crippen LogP contribution in [0.4, 0.5) is 0 Å². The Bertz CT molecular complexity index is 929. The van der Waals surface area contributed by atoms with Gasteiger partial charge in [0.05, 0.1) is 7.92 Å². The molecule has 0 aromatic heterocycles. The number of benzene rings is 3. The van der Waals surface area contributed by atoms with Gasteiger partial charge in [-0.25, -0.2) is 12.1 Å². The fourth-order valence-corrected chi connectivity index (χ4v) is 5.50. The SMILES string of the molecule is CC(=O)[c-]1cccc1.[C-]#[O+].[C-]#[O+].[Mn].c1ccc([PH+](c2ccccc2)c2ccccc2)cc1. The Kier molecular flexibility index (Phi) is 16.2. The Morgan fingerprint density at radius 2 is 0.906 bits per heavy atom. The Morgan fingerprint density at radius 3 is 1.12 bits per heavy atom. The van der Waals surface area contributed by atoms with Gasteiger partial charge in [-0.3, -0.25) is 0 Å². The van der Waals surface area contributed by atoms with Crippen molar-refractivity contribution in [1.29, 1.82) is 0 Å². The van der Waals surface area contributed by atoms with Crippen LogP contribution < -0.4 is 15.9 Å². The van der Waals surface area contributed by atoms with E-state index in [4.69, 9.17) is 9.30 Å². The van der Waals surface area contributed by atoms with Gasteiger partial charge >= 0.3 is 22.6 Å². The predicted octanol–water partition coefficient (Wildman–Crippen LogP) is 4.71. The molecule has 1 radical (unpaired) electrons. The second-order valence-corrected chi connectivity index (χ2v) is 8.68. The van der Waals surface area contributed by atoms with Crippen LogP contribution in [0.25, 0.3) is 0 Å². The van der Waals surface area contributed by atoms with Crippen molar-refractivity contribution in [3.8, 4) is 0 Å². The van der Waals surface area contributed by atoms with Crippen molar-refractivity contribution in [2.24, 2.45) is 0 Å². The van der Waals surface area contributed by atoms with Crippen LogP contribution in [0.5, 0.6) is 0 Å². The van der Waals surface area contributed by atoms with E-state index in [9.17, 15) is 4.79 Å². The van der Waals surface area contributed by atoms with E-state index in [0.29, 0.717) is 0 Å². The molecule has 0 saturated carbocycles. The van der Waals surface area contributed by atoms with E-state index in [1.54, 1.807) is 6.92 Å². The largest absolute Gasteiger partial charge is 0.102 e. The maximum absolute atomic E-state index is 10.5. The molecule has 0 fully saturated rings. The first-order valence-corrected chi connectivity index (χ1v) is 10.9. The van der Waals surface area contributed by atoms with Gasteiger partial charge in [0.2, 0.25) is 0 Å². The standard InChI is InChI=1S/C18H15P.C7H7O.2CO.Mn/c1-4-10-16(11-5-1)19(17-12-6-2-7-13-17)18-14-8-3-9-15-18;1-6(8)7-4-2-3-5-7;2*1-2;/h1-15H;2-5H,1H3;;;/q;-1;;;/p+1. The van der Waals surface area contributed by atoms with Crippen LogP contribution in [0.15, 0.2) is 115 Å². The fourth-order valence-electron chi connectivity index (χ4n) is 2.92. The number of rotatable bonds is 4. The summed E-state index contributed by atoms with van der Waals surface area (Å²) in [4.78, 5) is 10.5. The van der Waals surface area contributed by atoms with Crippen molar-refractivity contribution in [3.05, 3.63) is 134 Å². The van der Waals surface area contributed by atoms with E-state index in [1.165, 1.54) is 15.9 Å². The van der Waals surface area contributed by atoms with E-state index in [-0.39, 0.29) is 22.9 Å². The normalized spacial score (nSPS) is 8.69. The van der Waals surface area contributed by atoms with Crippen molar-refractivity contribution in [3.63, 3.8) is 0 Å². The van der Waals surface area contributed by atoms with Gasteiger partial charge in [-0.15, -0.1) is 0 Å². The van der Waals surface area contributed by atoms with Crippen LogP contribution in [0.1, 0.15) is 17.3 Å². The fraction of sp³-hybridized carbons (Fsp3) is 0.0370. The van der Waals surface area contributed by atoms with E-state index < -0.39 is 7.92 Å². The molecule has 4 rings (SSSR count). The Hall–Kier alpha value is -2.89. The Morgan fingerprint density at radius 1 is 0.625 bits per heavy atom. The van der Waals surface area contributed by atoms with E-state index in [2.05, 4.69) is 104 Å². The van der Waals surface area contributed by atoms with Crippen LogP contribution >= 0.6 is 7.92 Å². The monoisotopic (exact) mass is 481 g/mol. The molecule has 0 bridgehead atoms. The van der Waals surface area contributed by atoms with Gasteiger partial charge in [-0.2, -0.15) is 12.1 Å². The maximum Gasteiger partial charge on any atom is 0.102 e. The molecule has 161 valence electrons. The molecule has 0 heterocycles. The number of ketones is 1. The molecule has 0 N–H and O–H groups in total. The summed E-state index contributed by atoms with van der Waals surface area (Å²) in [6.45, 7) is 10.6. The molecule has 5 heteroatoms. The van der Waals surface area contributed by atoms with E-state index in [1.807, 2.05) is 24.3 Å². The summed E-state index contributed by atoms with van der Waals surface area (Å²) in [6, 6.07) is 39.8. The molecular formula is C27H23MnO3P. The number of hydrogen-bond donors (Lipinski definition) is 0. The van der Waals surface area contributed by atoms with Crippen molar-refractivity contribution >= 4 is 29.6 Å². The van der Waals surface area contributed by atoms with Crippen molar-refractivity contribution in [1.82, 2.24) is 0 Å². The third-order valence-electron chi connectivity index (χ3n) is 4.26. The van der Waals surface area contributed by atoms with Crippen LogP contribution in [0.3, 0.4) is 0 Å². The van der Waals surface area contributed by atoms with Crippen LogP contribution in [0, 0.1) is 13.3 Å². The first-order chi connectivity index (χ1) is 15.3. The minimum absolute atomic E-state index is 0. The maximum atomic E-state index is 10.5. The van der Waals surface area contributed by atoms with E-state index in [0.717, 1.165) is 5.56 Å². The zero-order valence-electron chi connectivity index (χ0n) is 17.6. The van der Waals surface area contributed by atoms with Gasteiger partial charge in [0.25, 0.3) is 0 Å². The third-order valence-corrected chi connectivity index (χ3v) is 6.99. The molecule has 0 amide bonds. The van der Waals surface area contributed by atoms with Gasteiger partial charge in [-0.05, 0) is 43.3 Å². The average Bonchev–Trinajstić information content (AvgIpc) is 3.40. The zero-order valence-corrected chi connectivity index (χ0v) is 19.8. The summed E-state index contributed by atoms with van der Waals surface area (Å²) in [7, 11) is -0.877. The predicted molar refractivity (Wildman–Crippen MR) is 126 cm³/mol. The topological polar surface area (TPSA) is 56.9 Å². The summed E-state index contributed by atoms with van der Waals surface area (Å²) in [6.07, 6.45) is 0. The quantitative estimate of drug-likeness (QED) is 0.137. The number of carbonyl (C=O) groups excluding carboxylic acids is 1. The molecule has 0 saturated heterocycles. The van der Waals surface area contributed by atoms with Crippen molar-refractivity contribution in [2.75, 3.05) is 0 Å². The molecule has 4 aromatic carbocycles. The number of hydrogen-bond acceptors (Lipinski definition) is 1. The molecule has 0 aliphatic heterocycles. The molecule has 0 spiro atoms. The minimum atomic E-state index is -0.877. The molecular weight excluding hydrogens is 458 g/mol. The van der Waals surface area contributed by atoms with Crippen LogP contribution in [-0.2, 0) is 26.4 Å². The van der Waals surface area contributed by atoms with Gasteiger partial charge < -0.3 is 4.79 Å². The van der Waals surface area contributed by atoms with Gasteiger partial charge in [-0.1, -0.05) is 60.2 Å². The molecule has 0 unspecified atom stereocenters. The van der Waals surface area contributed by atoms with Crippen LogP contribution in [-0.4, -0.2) is 5.78 Å². The summed E-state index contributed by atoms with van der Waals surface area (Å²) < 4.78 is 15.0. The van der Waals surface area contributed by atoms with Crippen LogP contribution in [0.2, 0.25) is 0 Å². The molecule has 32 heavy (non-hydrogen) atoms. The first kappa shape index (κ1) is 29.1.